The molecule has 2 aromatic rings. The van der Waals surface area contributed by atoms with E-state index in [1.165, 1.54) is 50.3 Å². The monoisotopic (exact) mass is 422 g/mol. The molecule has 4 saturated carbocycles. The van der Waals surface area contributed by atoms with Crippen molar-refractivity contribution >= 4 is 23.4 Å². The van der Waals surface area contributed by atoms with Crippen LogP contribution in [0.25, 0.3) is 0 Å². The smallest absolute Gasteiger partial charge is 0.277 e. The summed E-state index contributed by atoms with van der Waals surface area (Å²) in [4.78, 5) is 14.5. The van der Waals surface area contributed by atoms with Gasteiger partial charge in [-0.05, 0) is 68.4 Å². The van der Waals surface area contributed by atoms with Gasteiger partial charge < -0.3 is 9.32 Å². The Hall–Kier alpha value is -2.33. The molecule has 6 rings (SSSR count). The first-order chi connectivity index (χ1) is 14.6. The number of carbonyl (C=O) groups is 1. The molecule has 0 radical (unpaired) electrons. The van der Waals surface area contributed by atoms with Crippen LogP contribution in [-0.2, 0) is 10.2 Å². The fraction of sp³-hybridized carbons (Fsp3) is 0.565. The van der Waals surface area contributed by atoms with E-state index in [9.17, 15) is 4.79 Å². The highest BCUT2D eigenvalue weighted by molar-refractivity contribution is 7.99. The van der Waals surface area contributed by atoms with Crippen LogP contribution in [0.15, 0.2) is 40.0 Å². The second-order valence-corrected chi connectivity index (χ2v) is 10.1. The average molecular weight is 423 g/mol. The highest BCUT2D eigenvalue weighted by atomic mass is 32.2. The van der Waals surface area contributed by atoms with Crippen molar-refractivity contribution < 1.29 is 9.21 Å². The molecule has 4 fully saturated rings. The number of aromatic nitrogens is 2. The van der Waals surface area contributed by atoms with Gasteiger partial charge in [0, 0.05) is 17.6 Å². The van der Waals surface area contributed by atoms with Crippen molar-refractivity contribution in [3.63, 3.8) is 0 Å². The van der Waals surface area contributed by atoms with Gasteiger partial charge in [-0.3, -0.25) is 4.79 Å². The number of para-hydroxylation sites is 1. The summed E-state index contributed by atoms with van der Waals surface area (Å²) in [5.41, 5.74) is 0.881. The summed E-state index contributed by atoms with van der Waals surface area (Å²) in [7, 11) is 0. The third-order valence-electron chi connectivity index (χ3n) is 7.03. The Morgan fingerprint density at radius 1 is 1.13 bits per heavy atom. The molecule has 4 aliphatic rings. The standard InChI is InChI=1S/C23H26N4O2S/c24-7-4-8-27(19-5-2-1-3-6-19)20(28)15-30-22-26-25-21(29-22)23-12-16-9-17(13-23)11-18(10-16)14-23/h1-3,5-6,16-18H,4,8-15H2. The van der Waals surface area contributed by atoms with Gasteiger partial charge in [-0.15, -0.1) is 10.2 Å². The number of nitrogens with zero attached hydrogens (tertiary/aromatic N) is 4. The van der Waals surface area contributed by atoms with E-state index >= 15 is 0 Å². The molecular formula is C23H26N4O2S. The van der Waals surface area contributed by atoms with Crippen molar-refractivity contribution in [3.8, 4) is 6.07 Å². The van der Waals surface area contributed by atoms with Gasteiger partial charge in [-0.25, -0.2) is 0 Å². The third kappa shape index (κ3) is 3.74. The summed E-state index contributed by atoms with van der Waals surface area (Å²) in [6.45, 7) is 0.377. The van der Waals surface area contributed by atoms with Crippen molar-refractivity contribution in [1.82, 2.24) is 10.2 Å². The van der Waals surface area contributed by atoms with Crippen molar-refractivity contribution in [2.45, 2.75) is 55.6 Å². The Labute approximate surface area is 181 Å². The van der Waals surface area contributed by atoms with E-state index < -0.39 is 0 Å². The first kappa shape index (κ1) is 19.6. The lowest BCUT2D eigenvalue weighted by atomic mass is 9.49. The van der Waals surface area contributed by atoms with Crippen LogP contribution < -0.4 is 4.90 Å². The lowest BCUT2D eigenvalue weighted by Gasteiger charge is -2.55. The van der Waals surface area contributed by atoms with Gasteiger partial charge in [0.25, 0.3) is 5.22 Å². The van der Waals surface area contributed by atoms with E-state index in [2.05, 4.69) is 16.3 Å². The number of amides is 1. The van der Waals surface area contributed by atoms with E-state index in [1.54, 1.807) is 4.90 Å². The maximum Gasteiger partial charge on any atom is 0.277 e. The Bertz CT molecular complexity index is 916. The van der Waals surface area contributed by atoms with Crippen molar-refractivity contribution in [3.05, 3.63) is 36.2 Å². The van der Waals surface area contributed by atoms with Crippen LogP contribution in [-0.4, -0.2) is 28.4 Å². The second-order valence-electron chi connectivity index (χ2n) is 9.15. The minimum atomic E-state index is -0.0593. The topological polar surface area (TPSA) is 83.0 Å². The van der Waals surface area contributed by atoms with E-state index in [0.717, 1.165) is 29.3 Å². The van der Waals surface area contributed by atoms with Crippen LogP contribution in [0.5, 0.6) is 0 Å². The molecule has 1 heterocycles. The Morgan fingerprint density at radius 3 is 2.43 bits per heavy atom. The number of hydrogen-bond donors (Lipinski definition) is 0. The maximum absolute atomic E-state index is 12.9. The quantitative estimate of drug-likeness (QED) is 0.608. The summed E-state index contributed by atoms with van der Waals surface area (Å²) in [6.07, 6.45) is 7.97. The molecule has 1 aromatic carbocycles. The number of nitriles is 1. The lowest BCUT2D eigenvalue weighted by molar-refractivity contribution is -0.116. The van der Waals surface area contributed by atoms with Crippen molar-refractivity contribution in [2.75, 3.05) is 17.2 Å². The molecular weight excluding hydrogens is 396 g/mol. The molecule has 0 spiro atoms. The highest BCUT2D eigenvalue weighted by Gasteiger charge is 2.54. The Kier molecular flexibility index (Phi) is 5.28. The van der Waals surface area contributed by atoms with Gasteiger partial charge in [0.1, 0.15) is 0 Å². The SMILES string of the molecule is N#CCCN(C(=O)CSc1nnc(C23CC4CC(CC(C4)C2)C3)o1)c1ccccc1. The lowest BCUT2D eigenvalue weighted by Crippen LogP contribution is -2.48. The predicted octanol–water partition coefficient (Wildman–Crippen LogP) is 4.58. The van der Waals surface area contributed by atoms with Crippen molar-refractivity contribution in [2.24, 2.45) is 17.8 Å². The largest absolute Gasteiger partial charge is 0.415 e. The van der Waals surface area contributed by atoms with Gasteiger partial charge >= 0.3 is 0 Å². The minimum Gasteiger partial charge on any atom is -0.415 e. The molecule has 0 aliphatic heterocycles. The zero-order valence-corrected chi connectivity index (χ0v) is 17.8. The van der Waals surface area contributed by atoms with Crippen LogP contribution in [0.1, 0.15) is 50.8 Å². The Morgan fingerprint density at radius 2 is 1.80 bits per heavy atom. The number of benzene rings is 1. The normalized spacial score (nSPS) is 29.0. The molecule has 4 aliphatic carbocycles. The second kappa shape index (κ2) is 8.07. The average Bonchev–Trinajstić information content (AvgIpc) is 3.22. The van der Waals surface area contributed by atoms with Crippen LogP contribution in [0.2, 0.25) is 0 Å². The van der Waals surface area contributed by atoms with Crippen LogP contribution >= 0.6 is 11.8 Å². The molecule has 0 saturated heterocycles. The summed E-state index contributed by atoms with van der Waals surface area (Å²) in [6, 6.07) is 11.6. The minimum absolute atomic E-state index is 0.0593. The van der Waals surface area contributed by atoms with E-state index in [-0.39, 0.29) is 17.1 Å². The van der Waals surface area contributed by atoms with Gasteiger partial charge in [0.05, 0.1) is 18.2 Å². The molecule has 6 nitrogen and oxygen atoms in total. The first-order valence-electron chi connectivity index (χ1n) is 10.8. The molecule has 0 atom stereocenters. The molecule has 4 bridgehead atoms. The molecule has 0 N–H and O–H groups in total. The molecule has 30 heavy (non-hydrogen) atoms. The summed E-state index contributed by atoms with van der Waals surface area (Å²) in [5, 5.41) is 18.1. The first-order valence-corrected chi connectivity index (χ1v) is 11.8. The van der Waals surface area contributed by atoms with Gasteiger partial charge in [0.15, 0.2) is 0 Å². The molecule has 1 aromatic heterocycles. The third-order valence-corrected chi connectivity index (χ3v) is 7.84. The molecule has 1 amide bonds. The van der Waals surface area contributed by atoms with Crippen molar-refractivity contribution in [1.29, 1.82) is 5.26 Å². The number of thioether (sulfide) groups is 1. The molecule has 156 valence electrons. The summed E-state index contributed by atoms with van der Waals surface area (Å²) < 4.78 is 6.10. The van der Waals surface area contributed by atoms with Crippen LogP contribution in [0.3, 0.4) is 0 Å². The number of hydrogen-bond acceptors (Lipinski definition) is 6. The van der Waals surface area contributed by atoms with Crippen LogP contribution in [0.4, 0.5) is 5.69 Å². The van der Waals surface area contributed by atoms with Gasteiger partial charge in [-0.1, -0.05) is 30.0 Å². The maximum atomic E-state index is 12.9. The zero-order chi connectivity index (χ0) is 20.6. The zero-order valence-electron chi connectivity index (χ0n) is 17.0. The number of carbonyl (C=O) groups excluding carboxylic acids is 1. The summed E-state index contributed by atoms with van der Waals surface area (Å²) in [5.74, 6) is 3.40. The van der Waals surface area contributed by atoms with E-state index in [1.807, 2.05) is 30.3 Å². The molecule has 7 heteroatoms. The number of anilines is 1. The van der Waals surface area contributed by atoms with E-state index in [0.29, 0.717) is 18.2 Å². The number of rotatable bonds is 7. The fourth-order valence-corrected chi connectivity index (χ4v) is 6.86. The predicted molar refractivity (Wildman–Crippen MR) is 114 cm³/mol. The Balaban J connectivity index is 1.25. The summed E-state index contributed by atoms with van der Waals surface area (Å²) >= 11 is 1.30. The fourth-order valence-electron chi connectivity index (χ4n) is 6.22. The van der Waals surface area contributed by atoms with Gasteiger partial charge in [-0.2, -0.15) is 5.26 Å². The van der Waals surface area contributed by atoms with Crippen LogP contribution in [0, 0.1) is 29.1 Å². The van der Waals surface area contributed by atoms with E-state index in [4.69, 9.17) is 9.68 Å². The van der Waals surface area contributed by atoms with Gasteiger partial charge in [0.2, 0.25) is 11.8 Å². The highest BCUT2D eigenvalue weighted by Crippen LogP contribution is 2.60. The molecule has 0 unspecified atom stereocenters.